The smallest absolute Gasteiger partial charge is 0.303 e. The van der Waals surface area contributed by atoms with Gasteiger partial charge in [-0.15, -0.1) is 0 Å². The highest BCUT2D eigenvalue weighted by atomic mass is 31.2. The lowest BCUT2D eigenvalue weighted by molar-refractivity contribution is 0.146. The molecular weight excluding hydrogens is 358 g/mol. The second-order valence-electron chi connectivity index (χ2n) is 5.23. The molecule has 0 fully saturated rings. The van der Waals surface area contributed by atoms with Gasteiger partial charge >= 0.3 is 15.6 Å². The molecule has 0 heterocycles. The highest BCUT2D eigenvalue weighted by Crippen LogP contribution is 2.43. The molecule has 0 atom stereocenters. The maximum absolute atomic E-state index is 11.1. The van der Waals surface area contributed by atoms with Crippen LogP contribution < -0.4 is 0 Å². The maximum atomic E-state index is 11.1. The molecule has 0 rings (SSSR count). The summed E-state index contributed by atoms with van der Waals surface area (Å²) in [6.07, 6.45) is 7.32. The van der Waals surface area contributed by atoms with Crippen molar-refractivity contribution in [2.75, 3.05) is 19.8 Å². The van der Waals surface area contributed by atoms with Crippen molar-refractivity contribution < 1.29 is 37.4 Å². The van der Waals surface area contributed by atoms with Crippen molar-refractivity contribution in [2.24, 2.45) is 0 Å². The fourth-order valence-electron chi connectivity index (χ4n) is 1.40. The summed E-state index contributed by atoms with van der Waals surface area (Å²) < 4.78 is 34.9. The van der Waals surface area contributed by atoms with Gasteiger partial charge in [0.15, 0.2) is 0 Å². The van der Waals surface area contributed by atoms with Crippen LogP contribution in [0.5, 0.6) is 0 Å². The van der Waals surface area contributed by atoms with E-state index in [-0.39, 0.29) is 19.8 Å². The molecule has 0 saturated carbocycles. The molecule has 0 aliphatic rings. The third-order valence-corrected chi connectivity index (χ3v) is 4.30. The molecule has 0 amide bonds. The Labute approximate surface area is 145 Å². The largest absolute Gasteiger partial charge is 0.472 e. The highest BCUT2D eigenvalue weighted by molar-refractivity contribution is 7.47. The van der Waals surface area contributed by atoms with Crippen LogP contribution in [0, 0.1) is 0 Å². The summed E-state index contributed by atoms with van der Waals surface area (Å²) >= 11 is 0. The predicted octanol–water partition coefficient (Wildman–Crippen LogP) is 4.40. The summed E-state index contributed by atoms with van der Waals surface area (Å²) in [6.45, 7) is 6.79. The van der Waals surface area contributed by atoms with Crippen molar-refractivity contribution in [2.45, 2.75) is 72.1 Å². The van der Waals surface area contributed by atoms with Crippen molar-refractivity contribution in [1.29, 1.82) is 0 Å². The van der Waals surface area contributed by atoms with Gasteiger partial charge < -0.3 is 14.7 Å². The van der Waals surface area contributed by atoms with Crippen molar-refractivity contribution in [3.05, 3.63) is 0 Å². The average Bonchev–Trinajstić information content (AvgIpc) is 2.47. The van der Waals surface area contributed by atoms with Crippen LogP contribution in [0.3, 0.4) is 0 Å². The van der Waals surface area contributed by atoms with Crippen molar-refractivity contribution in [1.82, 2.24) is 0 Å². The molecule has 148 valence electrons. The first kappa shape index (κ1) is 26.4. The molecule has 0 saturated heterocycles. The van der Waals surface area contributed by atoms with Gasteiger partial charge in [-0.1, -0.05) is 52.9 Å². The Kier molecular flexibility index (Phi) is 18.4. The number of rotatable bonds is 14. The fraction of sp³-hybridized carbons (Fsp3) is 1.00. The van der Waals surface area contributed by atoms with Crippen LogP contribution in [0.25, 0.3) is 0 Å². The fourth-order valence-corrected chi connectivity index (χ4v) is 2.56. The van der Waals surface area contributed by atoms with E-state index in [1.807, 2.05) is 13.8 Å². The summed E-state index contributed by atoms with van der Waals surface area (Å²) in [5, 5.41) is 0. The molecule has 3 N–H and O–H groups in total. The van der Waals surface area contributed by atoms with E-state index in [4.69, 9.17) is 23.7 Å². The van der Waals surface area contributed by atoms with Crippen molar-refractivity contribution >= 4 is 15.6 Å². The zero-order chi connectivity index (χ0) is 18.9. The summed E-state index contributed by atoms with van der Waals surface area (Å²) in [4.78, 5) is 25.6. The Bertz CT molecular complexity index is 345. The van der Waals surface area contributed by atoms with E-state index in [1.54, 1.807) is 0 Å². The number of hydrogen-bond donors (Lipinski definition) is 3. The highest BCUT2D eigenvalue weighted by Gasteiger charge is 2.19. The van der Waals surface area contributed by atoms with Crippen LogP contribution in [-0.4, -0.2) is 34.5 Å². The quantitative estimate of drug-likeness (QED) is 0.294. The van der Waals surface area contributed by atoms with Crippen LogP contribution >= 0.6 is 15.6 Å². The van der Waals surface area contributed by atoms with E-state index < -0.39 is 15.6 Å². The SMILES string of the molecule is CCCCCCOP(=O)(O)O.CCCCOP(=O)(O)OCCCC. The molecule has 0 aromatic heterocycles. The zero-order valence-corrected chi connectivity index (χ0v) is 16.8. The lowest BCUT2D eigenvalue weighted by Crippen LogP contribution is -1.98. The number of phosphoric ester groups is 2. The van der Waals surface area contributed by atoms with Crippen LogP contribution in [-0.2, 0) is 22.7 Å². The molecule has 0 aromatic carbocycles. The minimum atomic E-state index is -4.21. The Morgan fingerprint density at radius 3 is 1.42 bits per heavy atom. The van der Waals surface area contributed by atoms with Crippen LogP contribution in [0.4, 0.5) is 0 Å². The number of unbranched alkanes of at least 4 members (excludes halogenated alkanes) is 5. The Hall–Kier alpha value is 0.220. The molecule has 8 nitrogen and oxygen atoms in total. The molecule has 10 heteroatoms. The third kappa shape index (κ3) is 24.5. The minimum absolute atomic E-state index is 0.157. The lowest BCUT2D eigenvalue weighted by atomic mass is 10.2. The molecule has 24 heavy (non-hydrogen) atoms. The lowest BCUT2D eigenvalue weighted by Gasteiger charge is -2.10. The molecule has 0 aliphatic heterocycles. The van der Waals surface area contributed by atoms with Gasteiger partial charge in [0.25, 0.3) is 0 Å². The number of phosphoric acid groups is 2. The second kappa shape index (κ2) is 16.7. The minimum Gasteiger partial charge on any atom is -0.303 e. The van der Waals surface area contributed by atoms with Gasteiger partial charge in [-0.3, -0.25) is 13.6 Å². The van der Waals surface area contributed by atoms with E-state index >= 15 is 0 Å². The Balaban J connectivity index is 0. The van der Waals surface area contributed by atoms with Crippen molar-refractivity contribution in [3.8, 4) is 0 Å². The third-order valence-electron chi connectivity index (χ3n) is 2.76. The molecular formula is C14H34O8P2. The Morgan fingerprint density at radius 2 is 1.04 bits per heavy atom. The maximum Gasteiger partial charge on any atom is 0.472 e. The zero-order valence-electron chi connectivity index (χ0n) is 15.1. The monoisotopic (exact) mass is 392 g/mol. The van der Waals surface area contributed by atoms with E-state index in [0.717, 1.165) is 51.4 Å². The average molecular weight is 392 g/mol. The van der Waals surface area contributed by atoms with Gasteiger partial charge in [-0.05, 0) is 19.3 Å². The molecule has 0 aromatic rings. The predicted molar refractivity (Wildman–Crippen MR) is 93.7 cm³/mol. The van der Waals surface area contributed by atoms with E-state index in [9.17, 15) is 9.13 Å². The Morgan fingerprint density at radius 1 is 0.625 bits per heavy atom. The first-order valence-corrected chi connectivity index (χ1v) is 11.5. The molecule has 0 bridgehead atoms. The second-order valence-corrected chi connectivity index (χ2v) is 7.92. The molecule has 0 spiro atoms. The van der Waals surface area contributed by atoms with E-state index in [0.29, 0.717) is 0 Å². The van der Waals surface area contributed by atoms with Gasteiger partial charge in [0.2, 0.25) is 0 Å². The van der Waals surface area contributed by atoms with Crippen LogP contribution in [0.15, 0.2) is 0 Å². The van der Waals surface area contributed by atoms with Gasteiger partial charge in [-0.25, -0.2) is 9.13 Å². The summed E-state index contributed by atoms with van der Waals surface area (Å²) in [5.41, 5.74) is 0. The topological polar surface area (TPSA) is 123 Å². The van der Waals surface area contributed by atoms with Crippen LogP contribution in [0.1, 0.15) is 72.1 Å². The summed E-state index contributed by atoms with van der Waals surface area (Å²) in [6, 6.07) is 0. The van der Waals surface area contributed by atoms with E-state index in [2.05, 4.69) is 11.4 Å². The standard InChI is InChI=1S/C8H19O4P.C6H15O4P/c1-3-5-7-11-13(9,10)12-8-6-4-2;1-2-3-4-5-6-10-11(7,8)9/h3-8H2,1-2H3,(H,9,10);2-6H2,1H3,(H2,7,8,9). The van der Waals surface area contributed by atoms with Gasteiger partial charge in [0, 0.05) is 0 Å². The van der Waals surface area contributed by atoms with Gasteiger partial charge in [-0.2, -0.15) is 0 Å². The van der Waals surface area contributed by atoms with Gasteiger partial charge in [0.1, 0.15) is 0 Å². The first-order valence-electron chi connectivity index (χ1n) is 8.50. The van der Waals surface area contributed by atoms with E-state index in [1.165, 1.54) is 0 Å². The molecule has 0 unspecified atom stereocenters. The van der Waals surface area contributed by atoms with Crippen LogP contribution in [0.2, 0.25) is 0 Å². The summed E-state index contributed by atoms with van der Waals surface area (Å²) in [7, 11) is -7.97. The van der Waals surface area contributed by atoms with Gasteiger partial charge in [0.05, 0.1) is 19.8 Å². The normalized spacial score (nSPS) is 11.9. The molecule has 0 aliphatic carbocycles. The number of hydrogen-bond acceptors (Lipinski definition) is 5. The first-order chi connectivity index (χ1) is 11.2. The molecule has 0 radical (unpaired) electrons. The van der Waals surface area contributed by atoms with Crippen molar-refractivity contribution in [3.63, 3.8) is 0 Å². The summed E-state index contributed by atoms with van der Waals surface area (Å²) in [5.74, 6) is 0.